The molecule has 0 N–H and O–H groups in total. The lowest BCUT2D eigenvalue weighted by molar-refractivity contribution is -0.128. The lowest BCUT2D eigenvalue weighted by atomic mass is 10.0. The predicted octanol–water partition coefficient (Wildman–Crippen LogP) is 3.85. The quantitative estimate of drug-likeness (QED) is 0.791. The van der Waals surface area contributed by atoms with Crippen molar-refractivity contribution >= 4 is 22.8 Å². The summed E-state index contributed by atoms with van der Waals surface area (Å²) in [7, 11) is 0. The zero-order chi connectivity index (χ0) is 17.6. The first-order valence-electron chi connectivity index (χ1n) is 8.67. The van der Waals surface area contributed by atoms with Crippen LogP contribution < -0.4 is 0 Å². The summed E-state index contributed by atoms with van der Waals surface area (Å²) in [6, 6.07) is 19.0. The van der Waals surface area contributed by atoms with Crippen LogP contribution in [0.15, 0.2) is 54.6 Å². The van der Waals surface area contributed by atoms with Gasteiger partial charge in [0.25, 0.3) is 0 Å². The molecule has 0 aromatic heterocycles. The molecule has 25 heavy (non-hydrogen) atoms. The van der Waals surface area contributed by atoms with Gasteiger partial charge in [0.1, 0.15) is 0 Å². The van der Waals surface area contributed by atoms with Crippen LogP contribution in [0, 0.1) is 0 Å². The van der Waals surface area contributed by atoms with Crippen molar-refractivity contribution in [3.8, 4) is 0 Å². The van der Waals surface area contributed by atoms with Crippen LogP contribution in [0.25, 0.3) is 0 Å². The first kappa shape index (κ1) is 17.7. The van der Waals surface area contributed by atoms with Gasteiger partial charge >= 0.3 is 0 Å². The maximum atomic E-state index is 12.1. The number of thioether (sulfide) groups is 1. The highest BCUT2D eigenvalue weighted by molar-refractivity contribution is 8.14. The number of rotatable bonds is 6. The largest absolute Gasteiger partial charge is 0.337 e. The minimum absolute atomic E-state index is 0.0856. The molecule has 130 valence electrons. The molecule has 1 amide bonds. The topological polar surface area (TPSA) is 37.4 Å². The second-order valence-corrected chi connectivity index (χ2v) is 7.99. The smallest absolute Gasteiger partial charge is 0.224 e. The second kappa shape index (κ2) is 8.34. The van der Waals surface area contributed by atoms with E-state index in [1.165, 1.54) is 22.9 Å². The number of carbonyl (C=O) groups excluding carboxylic acids is 2. The van der Waals surface area contributed by atoms with E-state index in [0.717, 1.165) is 18.4 Å². The summed E-state index contributed by atoms with van der Waals surface area (Å²) >= 11 is 1.29. The van der Waals surface area contributed by atoms with Crippen LogP contribution in [-0.2, 0) is 29.0 Å². The van der Waals surface area contributed by atoms with Crippen molar-refractivity contribution in [3.05, 3.63) is 71.3 Å². The SMILES string of the molecule is CC(=O)SC1CC(=O)N(Cc2ccc(CCc3ccccc3)cc2)C1. The van der Waals surface area contributed by atoms with E-state index in [4.69, 9.17) is 0 Å². The molecule has 1 aliphatic heterocycles. The average molecular weight is 353 g/mol. The molecule has 0 bridgehead atoms. The minimum Gasteiger partial charge on any atom is -0.337 e. The molecule has 0 radical (unpaired) electrons. The van der Waals surface area contributed by atoms with Crippen molar-refractivity contribution in [2.45, 2.75) is 38.0 Å². The van der Waals surface area contributed by atoms with E-state index in [-0.39, 0.29) is 16.3 Å². The van der Waals surface area contributed by atoms with Crippen LogP contribution in [0.1, 0.15) is 30.0 Å². The van der Waals surface area contributed by atoms with Gasteiger partial charge in [0, 0.05) is 31.7 Å². The molecule has 1 aliphatic rings. The summed E-state index contributed by atoms with van der Waals surface area (Å²) in [5.74, 6) is 0.145. The molecule has 1 fully saturated rings. The van der Waals surface area contributed by atoms with Crippen molar-refractivity contribution in [1.82, 2.24) is 4.90 Å². The summed E-state index contributed by atoms with van der Waals surface area (Å²) in [6.07, 6.45) is 2.53. The molecule has 2 aromatic carbocycles. The molecule has 2 aromatic rings. The van der Waals surface area contributed by atoms with Crippen molar-refractivity contribution in [1.29, 1.82) is 0 Å². The molecule has 3 nitrogen and oxygen atoms in total. The fraction of sp³-hybridized carbons (Fsp3) is 0.333. The Balaban J connectivity index is 1.52. The molecule has 1 saturated heterocycles. The van der Waals surface area contributed by atoms with E-state index < -0.39 is 0 Å². The molecule has 0 aliphatic carbocycles. The third kappa shape index (κ3) is 5.20. The highest BCUT2D eigenvalue weighted by Gasteiger charge is 2.30. The van der Waals surface area contributed by atoms with Gasteiger partial charge in [-0.25, -0.2) is 0 Å². The Morgan fingerprint density at radius 1 is 1.00 bits per heavy atom. The first-order valence-corrected chi connectivity index (χ1v) is 9.55. The molecule has 3 rings (SSSR count). The van der Waals surface area contributed by atoms with Crippen LogP contribution >= 0.6 is 11.8 Å². The van der Waals surface area contributed by atoms with Gasteiger partial charge in [0.05, 0.1) is 0 Å². The predicted molar refractivity (Wildman–Crippen MR) is 102 cm³/mol. The van der Waals surface area contributed by atoms with Crippen LogP contribution in [0.5, 0.6) is 0 Å². The standard InChI is InChI=1S/C21H23NO2S/c1-16(23)25-20-13-21(24)22(15-20)14-19-11-9-18(10-12-19)8-7-17-5-3-2-4-6-17/h2-6,9-12,20H,7-8,13-15H2,1H3. The van der Waals surface area contributed by atoms with E-state index in [9.17, 15) is 9.59 Å². The highest BCUT2D eigenvalue weighted by Crippen LogP contribution is 2.25. The summed E-state index contributed by atoms with van der Waals surface area (Å²) in [4.78, 5) is 25.2. The number of amides is 1. The molecule has 1 unspecified atom stereocenters. The Labute approximate surface area is 153 Å². The highest BCUT2D eigenvalue weighted by atomic mass is 32.2. The van der Waals surface area contributed by atoms with Gasteiger partial charge in [-0.3, -0.25) is 9.59 Å². The fourth-order valence-corrected chi connectivity index (χ4v) is 4.12. The lowest BCUT2D eigenvalue weighted by Gasteiger charge is -2.16. The van der Waals surface area contributed by atoms with Gasteiger partial charge < -0.3 is 4.90 Å². The Bertz CT molecular complexity index is 727. The van der Waals surface area contributed by atoms with Gasteiger partial charge in [0.15, 0.2) is 5.12 Å². The lowest BCUT2D eigenvalue weighted by Crippen LogP contribution is -2.25. The monoisotopic (exact) mass is 353 g/mol. The van der Waals surface area contributed by atoms with Crippen LogP contribution in [0.4, 0.5) is 0 Å². The van der Waals surface area contributed by atoms with E-state index in [1.807, 2.05) is 11.0 Å². The summed E-state index contributed by atoms with van der Waals surface area (Å²) < 4.78 is 0. The maximum Gasteiger partial charge on any atom is 0.224 e. The van der Waals surface area contributed by atoms with Crippen LogP contribution in [0.3, 0.4) is 0 Å². The van der Waals surface area contributed by atoms with E-state index >= 15 is 0 Å². The van der Waals surface area contributed by atoms with Crippen molar-refractivity contribution in [2.24, 2.45) is 0 Å². The van der Waals surface area contributed by atoms with E-state index in [1.54, 1.807) is 6.92 Å². The Kier molecular flexibility index (Phi) is 5.92. The number of benzene rings is 2. The zero-order valence-electron chi connectivity index (χ0n) is 14.5. The second-order valence-electron chi connectivity index (χ2n) is 6.51. The molecule has 0 spiro atoms. The van der Waals surface area contributed by atoms with Crippen molar-refractivity contribution in [2.75, 3.05) is 6.54 Å². The van der Waals surface area contributed by atoms with Gasteiger partial charge in [-0.15, -0.1) is 0 Å². The van der Waals surface area contributed by atoms with Gasteiger partial charge in [0.2, 0.25) is 5.91 Å². The number of carbonyl (C=O) groups is 2. The summed E-state index contributed by atoms with van der Waals surface area (Å²) in [5, 5.41) is 0.192. The number of hydrogen-bond acceptors (Lipinski definition) is 3. The van der Waals surface area contributed by atoms with Crippen molar-refractivity contribution < 1.29 is 9.59 Å². The third-order valence-corrected chi connectivity index (χ3v) is 5.43. The Hall–Kier alpha value is -2.07. The Morgan fingerprint density at radius 2 is 1.60 bits per heavy atom. The molecular formula is C21H23NO2S. The third-order valence-electron chi connectivity index (χ3n) is 4.45. The number of nitrogens with zero attached hydrogens (tertiary/aromatic N) is 1. The first-order chi connectivity index (χ1) is 12.1. The Morgan fingerprint density at radius 3 is 2.24 bits per heavy atom. The number of aryl methyl sites for hydroxylation is 2. The van der Waals surface area contributed by atoms with E-state index in [0.29, 0.717) is 19.5 Å². The maximum absolute atomic E-state index is 12.1. The van der Waals surface area contributed by atoms with Crippen LogP contribution in [0.2, 0.25) is 0 Å². The minimum atomic E-state index is 0.0856. The zero-order valence-corrected chi connectivity index (χ0v) is 15.3. The van der Waals surface area contributed by atoms with Crippen LogP contribution in [-0.4, -0.2) is 27.7 Å². The molecule has 0 saturated carbocycles. The number of likely N-dealkylation sites (tertiary alicyclic amines) is 1. The normalized spacial score (nSPS) is 17.1. The van der Waals surface area contributed by atoms with E-state index in [2.05, 4.69) is 48.5 Å². The molecule has 1 heterocycles. The fourth-order valence-electron chi connectivity index (χ4n) is 3.17. The molecular weight excluding hydrogens is 330 g/mol. The van der Waals surface area contributed by atoms with Gasteiger partial charge in [-0.1, -0.05) is 66.4 Å². The molecule has 1 atom stereocenters. The van der Waals surface area contributed by atoms with Gasteiger partial charge in [-0.05, 0) is 29.5 Å². The van der Waals surface area contributed by atoms with Gasteiger partial charge in [-0.2, -0.15) is 0 Å². The summed E-state index contributed by atoms with van der Waals surface area (Å²) in [6.45, 7) is 2.86. The average Bonchev–Trinajstić information content (AvgIpc) is 2.93. The number of hydrogen-bond donors (Lipinski definition) is 0. The summed E-state index contributed by atoms with van der Waals surface area (Å²) in [5.41, 5.74) is 3.80. The molecule has 4 heteroatoms. The van der Waals surface area contributed by atoms with Crippen molar-refractivity contribution in [3.63, 3.8) is 0 Å².